The molecular weight excluding hydrogens is 288 g/mol. The molecule has 0 aliphatic heterocycles. The molecule has 0 unspecified atom stereocenters. The molecule has 0 saturated heterocycles. The highest BCUT2D eigenvalue weighted by atomic mass is 16.5. The first-order valence-electron chi connectivity index (χ1n) is 8.77. The van der Waals surface area contributed by atoms with Gasteiger partial charge in [-0.2, -0.15) is 0 Å². The van der Waals surface area contributed by atoms with Crippen molar-refractivity contribution in [2.75, 3.05) is 0 Å². The molecule has 1 aromatic carbocycles. The Morgan fingerprint density at radius 1 is 1.09 bits per heavy atom. The SMILES string of the molecule is O=C(O)CC=COc1ccc(C23CC4CC(CC(C4)C2)C3)cc1. The van der Waals surface area contributed by atoms with E-state index in [1.165, 1.54) is 56.4 Å². The Morgan fingerprint density at radius 2 is 1.65 bits per heavy atom. The fourth-order valence-electron chi connectivity index (χ4n) is 5.63. The lowest BCUT2D eigenvalue weighted by Crippen LogP contribution is -2.48. The molecule has 0 atom stereocenters. The van der Waals surface area contributed by atoms with E-state index >= 15 is 0 Å². The van der Waals surface area contributed by atoms with Gasteiger partial charge < -0.3 is 9.84 Å². The molecule has 4 saturated carbocycles. The fourth-order valence-corrected chi connectivity index (χ4v) is 5.63. The Labute approximate surface area is 137 Å². The number of aliphatic carboxylic acids is 1. The van der Waals surface area contributed by atoms with Gasteiger partial charge in [-0.15, -0.1) is 0 Å². The van der Waals surface area contributed by atoms with Gasteiger partial charge >= 0.3 is 5.97 Å². The summed E-state index contributed by atoms with van der Waals surface area (Å²) in [4.78, 5) is 10.5. The van der Waals surface area contributed by atoms with Gasteiger partial charge in [0.2, 0.25) is 0 Å². The van der Waals surface area contributed by atoms with Crippen LogP contribution in [0.2, 0.25) is 0 Å². The summed E-state index contributed by atoms with van der Waals surface area (Å²) >= 11 is 0. The van der Waals surface area contributed by atoms with E-state index in [2.05, 4.69) is 12.1 Å². The number of rotatable bonds is 5. The van der Waals surface area contributed by atoms with Crippen molar-refractivity contribution in [1.29, 1.82) is 0 Å². The number of carboxylic acid groups (broad SMARTS) is 1. The van der Waals surface area contributed by atoms with Gasteiger partial charge in [-0.25, -0.2) is 0 Å². The quantitative estimate of drug-likeness (QED) is 0.813. The van der Waals surface area contributed by atoms with E-state index in [1.807, 2.05) is 12.1 Å². The van der Waals surface area contributed by atoms with Gasteiger partial charge in [-0.3, -0.25) is 4.79 Å². The van der Waals surface area contributed by atoms with Gasteiger partial charge in [0.1, 0.15) is 5.75 Å². The largest absolute Gasteiger partial charge is 0.481 e. The molecule has 3 heteroatoms. The summed E-state index contributed by atoms with van der Waals surface area (Å²) in [6, 6.07) is 8.51. The van der Waals surface area contributed by atoms with Crippen LogP contribution in [0.15, 0.2) is 36.6 Å². The van der Waals surface area contributed by atoms with Crippen LogP contribution in [0.4, 0.5) is 0 Å². The standard InChI is InChI=1S/C20H24O3/c21-19(22)2-1-7-23-18-5-3-17(4-6-18)20-11-14-8-15(12-20)10-16(9-14)13-20/h1,3-7,14-16H,2,8-13H2,(H,21,22). The van der Waals surface area contributed by atoms with E-state index in [0.29, 0.717) is 5.41 Å². The zero-order valence-corrected chi connectivity index (χ0v) is 13.4. The lowest BCUT2D eigenvalue weighted by molar-refractivity contribution is -0.136. The molecule has 4 aliphatic carbocycles. The van der Waals surface area contributed by atoms with Crippen LogP contribution in [0.5, 0.6) is 5.75 Å². The number of hydrogen-bond acceptors (Lipinski definition) is 2. The second-order valence-corrected chi connectivity index (χ2v) is 7.81. The van der Waals surface area contributed by atoms with Crippen LogP contribution in [-0.4, -0.2) is 11.1 Å². The van der Waals surface area contributed by atoms with Crippen molar-refractivity contribution >= 4 is 5.97 Å². The predicted molar refractivity (Wildman–Crippen MR) is 88.3 cm³/mol. The van der Waals surface area contributed by atoms with Crippen molar-refractivity contribution in [3.05, 3.63) is 42.2 Å². The summed E-state index contributed by atoms with van der Waals surface area (Å²) in [5, 5.41) is 8.59. The molecule has 4 bridgehead atoms. The Balaban J connectivity index is 1.46. The van der Waals surface area contributed by atoms with Crippen LogP contribution in [0.1, 0.15) is 50.5 Å². The van der Waals surface area contributed by atoms with Gasteiger partial charge in [0, 0.05) is 0 Å². The Morgan fingerprint density at radius 3 is 2.17 bits per heavy atom. The lowest BCUT2D eigenvalue weighted by Gasteiger charge is -2.57. The second-order valence-electron chi connectivity index (χ2n) is 7.81. The monoisotopic (exact) mass is 312 g/mol. The molecule has 1 aromatic rings. The van der Waals surface area contributed by atoms with Gasteiger partial charge in [0.25, 0.3) is 0 Å². The highest BCUT2D eigenvalue weighted by Gasteiger charge is 2.51. The summed E-state index contributed by atoms with van der Waals surface area (Å²) in [7, 11) is 0. The minimum absolute atomic E-state index is 0.00857. The molecule has 4 fully saturated rings. The zero-order chi connectivity index (χ0) is 15.9. The van der Waals surface area contributed by atoms with Gasteiger partial charge in [-0.05, 0) is 85.5 Å². The van der Waals surface area contributed by atoms with E-state index in [4.69, 9.17) is 9.84 Å². The van der Waals surface area contributed by atoms with E-state index in [1.54, 1.807) is 0 Å². The molecule has 23 heavy (non-hydrogen) atoms. The number of carboxylic acids is 1. The summed E-state index contributed by atoms with van der Waals surface area (Å²) in [5.74, 6) is 2.80. The highest BCUT2D eigenvalue weighted by molar-refractivity contribution is 5.68. The van der Waals surface area contributed by atoms with E-state index in [0.717, 1.165) is 23.5 Å². The van der Waals surface area contributed by atoms with Crippen molar-refractivity contribution in [2.45, 2.75) is 50.4 Å². The van der Waals surface area contributed by atoms with Crippen molar-refractivity contribution in [3.8, 4) is 5.75 Å². The topological polar surface area (TPSA) is 46.5 Å². The van der Waals surface area contributed by atoms with E-state index in [9.17, 15) is 4.79 Å². The minimum atomic E-state index is -0.845. The van der Waals surface area contributed by atoms with Crippen LogP contribution >= 0.6 is 0 Å². The molecule has 0 heterocycles. The van der Waals surface area contributed by atoms with Crippen LogP contribution in [0.25, 0.3) is 0 Å². The normalized spacial score (nSPS) is 34.9. The maximum absolute atomic E-state index is 10.5. The third kappa shape index (κ3) is 2.89. The molecule has 3 nitrogen and oxygen atoms in total. The van der Waals surface area contributed by atoms with Crippen LogP contribution < -0.4 is 4.74 Å². The zero-order valence-electron chi connectivity index (χ0n) is 13.4. The lowest BCUT2D eigenvalue weighted by atomic mass is 9.48. The predicted octanol–water partition coefficient (Wildman–Crippen LogP) is 4.52. The first-order chi connectivity index (χ1) is 11.1. The first kappa shape index (κ1) is 14.8. The fraction of sp³-hybridized carbons (Fsp3) is 0.550. The van der Waals surface area contributed by atoms with E-state index in [-0.39, 0.29) is 6.42 Å². The number of benzene rings is 1. The second kappa shape index (κ2) is 5.70. The molecule has 0 aromatic heterocycles. The molecule has 0 spiro atoms. The maximum Gasteiger partial charge on any atom is 0.307 e. The molecule has 4 aliphatic rings. The summed E-state index contributed by atoms with van der Waals surface area (Å²) in [6.45, 7) is 0. The molecule has 1 N–H and O–H groups in total. The van der Waals surface area contributed by atoms with Gasteiger partial charge in [0.15, 0.2) is 0 Å². The summed E-state index contributed by atoms with van der Waals surface area (Å²) in [6.07, 6.45) is 11.5. The van der Waals surface area contributed by atoms with Crippen molar-refractivity contribution in [3.63, 3.8) is 0 Å². The number of carbonyl (C=O) groups is 1. The number of hydrogen-bond donors (Lipinski definition) is 1. The van der Waals surface area contributed by atoms with Crippen LogP contribution in [-0.2, 0) is 10.2 Å². The molecule has 122 valence electrons. The Bertz CT molecular complexity index is 579. The van der Waals surface area contributed by atoms with Crippen molar-refractivity contribution < 1.29 is 14.6 Å². The Kier molecular flexibility index (Phi) is 3.67. The smallest absolute Gasteiger partial charge is 0.307 e. The summed E-state index contributed by atoms with van der Waals surface area (Å²) in [5.41, 5.74) is 1.91. The summed E-state index contributed by atoms with van der Waals surface area (Å²) < 4.78 is 5.49. The first-order valence-corrected chi connectivity index (χ1v) is 8.77. The van der Waals surface area contributed by atoms with Crippen molar-refractivity contribution in [1.82, 2.24) is 0 Å². The molecule has 5 rings (SSSR count). The molecular formula is C20H24O3. The third-order valence-electron chi connectivity index (χ3n) is 6.10. The third-order valence-corrected chi connectivity index (χ3v) is 6.10. The van der Waals surface area contributed by atoms with Crippen LogP contribution in [0, 0.1) is 17.8 Å². The molecule has 0 radical (unpaired) electrons. The highest BCUT2D eigenvalue weighted by Crippen LogP contribution is 2.60. The average molecular weight is 312 g/mol. The van der Waals surface area contributed by atoms with Gasteiger partial charge in [0.05, 0.1) is 12.7 Å². The minimum Gasteiger partial charge on any atom is -0.481 e. The van der Waals surface area contributed by atoms with Crippen molar-refractivity contribution in [2.24, 2.45) is 17.8 Å². The number of ether oxygens (including phenoxy) is 1. The average Bonchev–Trinajstić information content (AvgIpc) is 2.51. The van der Waals surface area contributed by atoms with Crippen LogP contribution in [0.3, 0.4) is 0 Å². The van der Waals surface area contributed by atoms with Gasteiger partial charge in [-0.1, -0.05) is 12.1 Å². The molecule has 0 amide bonds. The Hall–Kier alpha value is -1.77. The maximum atomic E-state index is 10.5. The van der Waals surface area contributed by atoms with E-state index < -0.39 is 5.97 Å².